The normalized spacial score (nSPS) is 14.1. The lowest BCUT2D eigenvalue weighted by Gasteiger charge is -2.25. The Kier molecular flexibility index (Phi) is 51.6. The summed E-state index contributed by atoms with van der Waals surface area (Å²) in [4.78, 5) is 23.2. The van der Waals surface area contributed by atoms with Gasteiger partial charge in [-0.1, -0.05) is 269 Å². The molecular formula is C61H120N2O6P+. The van der Waals surface area contributed by atoms with Crippen LogP contribution in [0.2, 0.25) is 0 Å². The first-order valence-electron chi connectivity index (χ1n) is 30.4. The Balaban J connectivity index is 3.88. The predicted octanol–water partition coefficient (Wildman–Crippen LogP) is 18.5. The van der Waals surface area contributed by atoms with Gasteiger partial charge in [-0.2, -0.15) is 0 Å². The van der Waals surface area contributed by atoms with Crippen LogP contribution in [0.25, 0.3) is 0 Å². The van der Waals surface area contributed by atoms with Crippen molar-refractivity contribution in [3.05, 3.63) is 36.5 Å². The van der Waals surface area contributed by atoms with Crippen LogP contribution in [-0.2, 0) is 18.4 Å². The van der Waals surface area contributed by atoms with Crippen LogP contribution in [-0.4, -0.2) is 73.4 Å². The lowest BCUT2D eigenvalue weighted by Crippen LogP contribution is -2.45. The first-order chi connectivity index (χ1) is 34.0. The number of nitrogens with zero attached hydrogens (tertiary/aromatic N) is 1. The number of hydrogen-bond acceptors (Lipinski definition) is 5. The number of likely N-dealkylation sites (N-methyl/N-ethyl adjacent to an activating group) is 1. The predicted molar refractivity (Wildman–Crippen MR) is 304 cm³/mol. The van der Waals surface area contributed by atoms with Gasteiger partial charge in [-0.3, -0.25) is 13.8 Å². The number of phosphoric ester groups is 1. The second kappa shape index (κ2) is 52.6. The fourth-order valence-corrected chi connectivity index (χ4v) is 9.79. The molecule has 0 rings (SSSR count). The Morgan fingerprint density at radius 1 is 0.471 bits per heavy atom. The minimum atomic E-state index is -4.35. The lowest BCUT2D eigenvalue weighted by atomic mass is 10.0. The number of carbonyl (C=O) groups excluding carboxylic acids is 1. The molecule has 0 aromatic carbocycles. The molecule has 0 fully saturated rings. The fourth-order valence-electron chi connectivity index (χ4n) is 9.06. The van der Waals surface area contributed by atoms with Crippen molar-refractivity contribution in [2.24, 2.45) is 0 Å². The summed E-state index contributed by atoms with van der Waals surface area (Å²) in [6.07, 6.45) is 68.7. The van der Waals surface area contributed by atoms with Crippen LogP contribution in [0.3, 0.4) is 0 Å². The smallest absolute Gasteiger partial charge is 0.387 e. The van der Waals surface area contributed by atoms with E-state index in [0.717, 1.165) is 38.5 Å². The number of quaternary nitrogens is 1. The molecule has 3 unspecified atom stereocenters. The van der Waals surface area contributed by atoms with Crippen molar-refractivity contribution in [2.75, 3.05) is 40.9 Å². The van der Waals surface area contributed by atoms with E-state index in [4.69, 9.17) is 9.05 Å². The van der Waals surface area contributed by atoms with Gasteiger partial charge < -0.3 is 19.8 Å². The molecule has 414 valence electrons. The van der Waals surface area contributed by atoms with E-state index in [9.17, 15) is 19.4 Å². The van der Waals surface area contributed by atoms with Crippen molar-refractivity contribution >= 4 is 13.7 Å². The van der Waals surface area contributed by atoms with Gasteiger partial charge in [0.2, 0.25) is 5.91 Å². The highest BCUT2D eigenvalue weighted by Gasteiger charge is 2.27. The molecule has 70 heavy (non-hydrogen) atoms. The molecule has 0 bridgehead atoms. The Hall–Kier alpha value is -1.28. The summed E-state index contributed by atoms with van der Waals surface area (Å²) < 4.78 is 23.6. The largest absolute Gasteiger partial charge is 0.472 e. The van der Waals surface area contributed by atoms with E-state index in [-0.39, 0.29) is 19.1 Å². The van der Waals surface area contributed by atoms with Gasteiger partial charge in [-0.15, -0.1) is 0 Å². The summed E-state index contributed by atoms with van der Waals surface area (Å²) in [6, 6.07) is -0.860. The lowest BCUT2D eigenvalue weighted by molar-refractivity contribution is -0.870. The van der Waals surface area contributed by atoms with Gasteiger partial charge >= 0.3 is 7.82 Å². The Bertz CT molecular complexity index is 1230. The standard InChI is InChI=1S/C61H119N2O6P/c1-6-8-10-12-14-16-18-19-20-21-22-23-24-25-26-27-28-29-30-31-32-33-34-35-36-37-38-39-40-41-42-43-45-47-49-51-53-55-61(65)62-59(58-69-70(66,67)68-57-56-63(3,4)5)60(64)54-52-50-48-46-44-17-15-13-11-9-7-2/h29-30,44,46,52,54,59-60,64H,6-28,31-43,45,47-51,53,55-58H2,1-5H3,(H-,62,65,66,67)/p+1/b30-29-,46-44+,54-52+. The molecular weight excluding hydrogens is 888 g/mol. The van der Waals surface area contributed by atoms with Gasteiger partial charge in [-0.05, 0) is 57.8 Å². The first kappa shape index (κ1) is 68.7. The summed E-state index contributed by atoms with van der Waals surface area (Å²) in [5, 5.41) is 13.8. The quantitative estimate of drug-likeness (QED) is 0.0243. The Morgan fingerprint density at radius 2 is 0.786 bits per heavy atom. The van der Waals surface area contributed by atoms with E-state index in [1.54, 1.807) is 6.08 Å². The van der Waals surface area contributed by atoms with Crippen LogP contribution in [0.1, 0.15) is 296 Å². The summed E-state index contributed by atoms with van der Waals surface area (Å²) in [5.41, 5.74) is 0. The second-order valence-corrected chi connectivity index (χ2v) is 23.5. The molecule has 0 spiro atoms. The van der Waals surface area contributed by atoms with E-state index in [1.807, 2.05) is 27.2 Å². The van der Waals surface area contributed by atoms with Crippen LogP contribution in [0.4, 0.5) is 0 Å². The van der Waals surface area contributed by atoms with Crippen LogP contribution >= 0.6 is 7.82 Å². The maximum absolute atomic E-state index is 12.9. The number of carbonyl (C=O) groups is 1. The zero-order chi connectivity index (χ0) is 51.3. The molecule has 1 amide bonds. The maximum Gasteiger partial charge on any atom is 0.472 e. The summed E-state index contributed by atoms with van der Waals surface area (Å²) in [6.45, 7) is 4.79. The Labute approximate surface area is 436 Å². The molecule has 0 aliphatic carbocycles. The molecule has 0 aliphatic rings. The van der Waals surface area contributed by atoms with Crippen LogP contribution in [0.5, 0.6) is 0 Å². The number of allylic oxidation sites excluding steroid dienone is 5. The van der Waals surface area contributed by atoms with Crippen molar-refractivity contribution in [1.29, 1.82) is 0 Å². The third-order valence-electron chi connectivity index (χ3n) is 13.8. The molecule has 9 heteroatoms. The van der Waals surface area contributed by atoms with Crippen molar-refractivity contribution in [3.63, 3.8) is 0 Å². The molecule has 0 aromatic rings. The summed E-state index contributed by atoms with van der Waals surface area (Å²) in [5.74, 6) is -0.185. The SMILES string of the molecule is CCCCCCC/C=C/CC/C=C/C(O)C(COP(=O)(O)OCC[N+](C)(C)C)NC(=O)CCCCCCCCCCCCCCCCCCC/C=C\CCCCCCCCCCCCCCCCCC. The number of unbranched alkanes of at least 4 members (excludes halogenated alkanes) is 39. The van der Waals surface area contributed by atoms with Gasteiger partial charge in [-0.25, -0.2) is 4.57 Å². The molecule has 0 saturated heterocycles. The number of nitrogens with one attached hydrogen (secondary N) is 1. The highest BCUT2D eigenvalue weighted by Crippen LogP contribution is 2.43. The molecule has 0 aliphatic heterocycles. The minimum Gasteiger partial charge on any atom is -0.387 e. The van der Waals surface area contributed by atoms with Gasteiger partial charge in [0, 0.05) is 6.42 Å². The van der Waals surface area contributed by atoms with Crippen molar-refractivity contribution in [3.8, 4) is 0 Å². The highest BCUT2D eigenvalue weighted by molar-refractivity contribution is 7.47. The number of phosphoric acid groups is 1. The van der Waals surface area contributed by atoms with Crippen LogP contribution in [0.15, 0.2) is 36.5 Å². The maximum atomic E-state index is 12.9. The van der Waals surface area contributed by atoms with E-state index < -0.39 is 20.0 Å². The minimum absolute atomic E-state index is 0.0571. The number of hydrogen-bond donors (Lipinski definition) is 3. The van der Waals surface area contributed by atoms with Crippen LogP contribution < -0.4 is 5.32 Å². The van der Waals surface area contributed by atoms with Gasteiger partial charge in [0.25, 0.3) is 0 Å². The van der Waals surface area contributed by atoms with Gasteiger partial charge in [0.15, 0.2) is 0 Å². The number of amides is 1. The molecule has 0 radical (unpaired) electrons. The van der Waals surface area contributed by atoms with Crippen molar-refractivity contribution in [2.45, 2.75) is 309 Å². The monoisotopic (exact) mass is 1010 g/mol. The average Bonchev–Trinajstić information content (AvgIpc) is 3.32. The molecule has 3 atom stereocenters. The first-order valence-corrected chi connectivity index (χ1v) is 31.9. The topological polar surface area (TPSA) is 105 Å². The number of aliphatic hydroxyl groups is 1. The fraction of sp³-hybridized carbons (Fsp3) is 0.885. The molecule has 0 heterocycles. The molecule has 3 N–H and O–H groups in total. The third kappa shape index (κ3) is 54.5. The van der Waals surface area contributed by atoms with E-state index in [0.29, 0.717) is 17.4 Å². The van der Waals surface area contributed by atoms with Crippen molar-refractivity contribution in [1.82, 2.24) is 5.32 Å². The summed E-state index contributed by atoms with van der Waals surface area (Å²) >= 11 is 0. The van der Waals surface area contributed by atoms with E-state index in [2.05, 4.69) is 43.5 Å². The van der Waals surface area contributed by atoms with E-state index in [1.165, 1.54) is 238 Å². The molecule has 0 aromatic heterocycles. The average molecular weight is 1010 g/mol. The van der Waals surface area contributed by atoms with Crippen molar-refractivity contribution < 1.29 is 32.9 Å². The van der Waals surface area contributed by atoms with Crippen LogP contribution in [0, 0.1) is 0 Å². The van der Waals surface area contributed by atoms with Gasteiger partial charge in [0.05, 0.1) is 39.9 Å². The molecule has 0 saturated carbocycles. The van der Waals surface area contributed by atoms with Gasteiger partial charge in [0.1, 0.15) is 13.2 Å². The van der Waals surface area contributed by atoms with E-state index >= 15 is 0 Å². The Morgan fingerprint density at radius 3 is 1.14 bits per heavy atom. The number of aliphatic hydroxyl groups excluding tert-OH is 1. The zero-order valence-electron chi connectivity index (χ0n) is 47.3. The zero-order valence-corrected chi connectivity index (χ0v) is 48.2. The third-order valence-corrected chi connectivity index (χ3v) is 14.8. The highest BCUT2D eigenvalue weighted by atomic mass is 31.2. The second-order valence-electron chi connectivity index (χ2n) is 22.1. The summed E-state index contributed by atoms with van der Waals surface area (Å²) in [7, 11) is 1.56. The molecule has 8 nitrogen and oxygen atoms in total. The number of rotatable bonds is 56.